The second-order valence-electron chi connectivity index (χ2n) is 14.0. The predicted octanol–water partition coefficient (Wildman–Crippen LogP) is 7.37. The third kappa shape index (κ3) is 8.79. The van der Waals surface area contributed by atoms with E-state index < -0.39 is 38.9 Å². The fraction of sp³-hybridized carbons (Fsp3) is 0.459. The molecule has 2 N–H and O–H groups in total. The Labute approximate surface area is 282 Å². The smallest absolute Gasteiger partial charge is 0.303 e. The van der Waals surface area contributed by atoms with Crippen molar-refractivity contribution in [2.24, 2.45) is 0 Å². The molecule has 0 amide bonds. The summed E-state index contributed by atoms with van der Waals surface area (Å²) in [5.74, 6) is -1.15. The van der Waals surface area contributed by atoms with Crippen LogP contribution in [0.5, 0.6) is 0 Å². The highest BCUT2D eigenvalue weighted by atomic mass is 32.2. The summed E-state index contributed by atoms with van der Waals surface area (Å²) in [7, 11) is -0.222. The van der Waals surface area contributed by atoms with Crippen LogP contribution in [0.25, 0.3) is 17.4 Å². The van der Waals surface area contributed by atoms with Gasteiger partial charge in [0.25, 0.3) is 10.1 Å². The van der Waals surface area contributed by atoms with Crippen molar-refractivity contribution in [1.82, 2.24) is 4.58 Å². The van der Waals surface area contributed by atoms with Gasteiger partial charge in [-0.2, -0.15) is 8.42 Å². The van der Waals surface area contributed by atoms with Crippen molar-refractivity contribution >= 4 is 27.9 Å². The van der Waals surface area contributed by atoms with Crippen LogP contribution >= 0.6 is 0 Å². The van der Waals surface area contributed by atoms with Crippen molar-refractivity contribution in [3.63, 3.8) is 0 Å². The van der Waals surface area contributed by atoms with Crippen LogP contribution in [0.15, 0.2) is 58.7 Å². The van der Waals surface area contributed by atoms with Crippen molar-refractivity contribution in [3.8, 4) is 11.3 Å². The number of unbranched alkanes of at least 4 members (excludes halogenated alkanes) is 3. The first kappa shape index (κ1) is 37.0. The van der Waals surface area contributed by atoms with Crippen LogP contribution in [-0.4, -0.2) is 50.4 Å². The zero-order chi connectivity index (χ0) is 35.4. The predicted molar refractivity (Wildman–Crippen MR) is 186 cm³/mol. The molecular formula is C37H47F2N2O6S+. The topological polar surface area (TPSA) is 111 Å². The monoisotopic (exact) mass is 685 g/mol. The summed E-state index contributed by atoms with van der Waals surface area (Å²) in [5.41, 5.74) is 2.14. The summed E-state index contributed by atoms with van der Waals surface area (Å²) < 4.78 is 70.8. The molecule has 1 aliphatic carbocycles. The molecule has 0 bridgehead atoms. The standard InChI is InChI=1S/C37H46F2N2O6S/c1-36(2,3)33-21-25(28-17-16-27(40(5)6)24-31(28)47-33)13-12-14-32-37(4,18-9-11-20-48(44,45)46)29-22-26(38)23-30(39)35(29)41(32)19-10-7-8-15-34(42)43/h12-14,16-17,21-24H,7-11,15,18-20H2,1-6H3,(H-,42,43,44,45,46)/p+1. The quantitative estimate of drug-likeness (QED) is 0.110. The molecule has 260 valence electrons. The second-order valence-corrected chi connectivity index (χ2v) is 15.6. The van der Waals surface area contributed by atoms with Gasteiger partial charge in [-0.05, 0) is 68.0 Å². The lowest BCUT2D eigenvalue weighted by atomic mass is 9.77. The van der Waals surface area contributed by atoms with Gasteiger partial charge in [-0.25, -0.2) is 13.4 Å². The largest absolute Gasteiger partial charge is 0.481 e. The summed E-state index contributed by atoms with van der Waals surface area (Å²) in [6.45, 7) is 8.51. The van der Waals surface area contributed by atoms with E-state index in [2.05, 4.69) is 20.8 Å². The molecule has 0 saturated heterocycles. The van der Waals surface area contributed by atoms with E-state index in [0.717, 1.165) is 39.8 Å². The minimum atomic E-state index is -4.15. The fourth-order valence-electron chi connectivity index (χ4n) is 6.30. The number of benzene rings is 2. The third-order valence-corrected chi connectivity index (χ3v) is 9.72. The number of carboxylic acids is 1. The molecule has 8 nitrogen and oxygen atoms in total. The average molecular weight is 686 g/mol. The number of carbonyl (C=O) groups is 1. The maximum absolute atomic E-state index is 15.6. The molecule has 48 heavy (non-hydrogen) atoms. The Bertz CT molecular complexity index is 1870. The van der Waals surface area contributed by atoms with Gasteiger partial charge in [-0.3, -0.25) is 9.35 Å². The summed E-state index contributed by atoms with van der Waals surface area (Å²) in [6, 6.07) is 10.3. The van der Waals surface area contributed by atoms with Crippen molar-refractivity contribution < 1.29 is 36.1 Å². The minimum Gasteiger partial charge on any atom is -0.481 e. The molecule has 1 aromatic rings. The molecule has 3 aliphatic rings. The number of aliphatic carboxylic acids is 1. The number of halogens is 2. The lowest BCUT2D eigenvalue weighted by molar-refractivity contribution is -0.137. The Balaban J connectivity index is 1.82. The number of hydrogen-bond donors (Lipinski definition) is 2. The van der Waals surface area contributed by atoms with Crippen LogP contribution in [-0.2, 0) is 25.7 Å². The number of rotatable bonds is 13. The van der Waals surface area contributed by atoms with Crippen LogP contribution in [0.3, 0.4) is 0 Å². The molecule has 2 aliphatic heterocycles. The van der Waals surface area contributed by atoms with E-state index in [1.165, 1.54) is 6.07 Å². The van der Waals surface area contributed by atoms with E-state index in [4.69, 9.17) is 9.52 Å². The average Bonchev–Trinajstić information content (AvgIpc) is 3.20. The lowest BCUT2D eigenvalue weighted by Gasteiger charge is -2.30. The first-order valence-corrected chi connectivity index (χ1v) is 17.9. The molecule has 1 atom stereocenters. The number of carboxylic acid groups (broad SMARTS) is 1. The van der Waals surface area contributed by atoms with Crippen LogP contribution < -0.4 is 14.8 Å². The summed E-state index contributed by atoms with van der Waals surface area (Å²) in [4.78, 5) is 12.9. The molecule has 0 fully saturated rings. The molecular weight excluding hydrogens is 638 g/mol. The second kappa shape index (κ2) is 14.7. The zero-order valence-corrected chi connectivity index (χ0v) is 29.5. The van der Waals surface area contributed by atoms with Crippen LogP contribution in [0.4, 0.5) is 14.5 Å². The van der Waals surface area contributed by atoms with Gasteiger partial charge in [-0.1, -0.05) is 45.8 Å². The van der Waals surface area contributed by atoms with E-state index in [0.29, 0.717) is 44.2 Å². The Morgan fingerprint density at radius 3 is 2.42 bits per heavy atom. The van der Waals surface area contributed by atoms with Crippen molar-refractivity contribution in [3.05, 3.63) is 88.1 Å². The Morgan fingerprint density at radius 1 is 1.04 bits per heavy atom. The van der Waals surface area contributed by atoms with Gasteiger partial charge in [0.2, 0.25) is 5.36 Å². The van der Waals surface area contributed by atoms with Crippen molar-refractivity contribution in [1.29, 1.82) is 0 Å². The Morgan fingerprint density at radius 2 is 1.77 bits per heavy atom. The summed E-state index contributed by atoms with van der Waals surface area (Å²) in [6.07, 6.45) is 8.42. The van der Waals surface area contributed by atoms with Crippen molar-refractivity contribution in [2.45, 2.75) is 83.5 Å². The molecule has 0 spiro atoms. The molecule has 0 aromatic heterocycles. The summed E-state index contributed by atoms with van der Waals surface area (Å²) >= 11 is 0. The Hall–Kier alpha value is -3.83. The molecule has 11 heteroatoms. The van der Waals surface area contributed by atoms with Gasteiger partial charge in [0.15, 0.2) is 0 Å². The Kier molecular flexibility index (Phi) is 11.4. The fourth-order valence-corrected chi connectivity index (χ4v) is 6.87. The highest BCUT2D eigenvalue weighted by Gasteiger charge is 2.44. The zero-order valence-electron chi connectivity index (χ0n) is 28.6. The molecule has 0 saturated carbocycles. The minimum absolute atomic E-state index is 0.0387. The maximum atomic E-state index is 15.6. The first-order valence-electron chi connectivity index (χ1n) is 16.3. The van der Waals surface area contributed by atoms with E-state index in [9.17, 15) is 22.2 Å². The summed E-state index contributed by atoms with van der Waals surface area (Å²) in [5, 5.41) is 10.1. The molecule has 4 rings (SSSR count). The van der Waals surface area contributed by atoms with E-state index >= 15 is 4.39 Å². The number of anilines is 1. The molecule has 1 aromatic carbocycles. The number of hydrogen-bond acceptors (Lipinski definition) is 5. The highest BCUT2D eigenvalue weighted by molar-refractivity contribution is 7.85. The van der Waals surface area contributed by atoms with E-state index in [-0.39, 0.29) is 23.9 Å². The van der Waals surface area contributed by atoms with Gasteiger partial charge in [0, 0.05) is 47.2 Å². The van der Waals surface area contributed by atoms with Gasteiger partial charge < -0.3 is 14.4 Å². The maximum Gasteiger partial charge on any atom is 0.303 e. The van der Waals surface area contributed by atoms with E-state index in [1.54, 1.807) is 0 Å². The molecule has 0 radical (unpaired) electrons. The first-order chi connectivity index (χ1) is 22.4. The SMILES string of the molecule is C[N+](C)=c1ccc2c(/C=C/C=C3/N(CCCCCC(=O)O)c4c(F)cc(F)cc4C3(C)CCCCS(=O)(=O)O)cc(C(C)(C)C)oc-2c1. The van der Waals surface area contributed by atoms with E-state index in [1.807, 2.05) is 73.0 Å². The highest BCUT2D eigenvalue weighted by Crippen LogP contribution is 2.52. The van der Waals surface area contributed by atoms with Gasteiger partial charge in [0.05, 0.1) is 17.5 Å². The molecule has 2 heterocycles. The van der Waals surface area contributed by atoms with Crippen molar-refractivity contribution in [2.75, 3.05) is 31.3 Å². The lowest BCUT2D eigenvalue weighted by Crippen LogP contribution is -2.29. The number of allylic oxidation sites excluding steroid dienone is 3. The number of nitrogens with zero attached hydrogens (tertiary/aromatic N) is 2. The van der Waals surface area contributed by atoms with Gasteiger partial charge in [-0.15, -0.1) is 0 Å². The number of fused-ring (bicyclic) bond motifs is 2. The third-order valence-electron chi connectivity index (χ3n) is 8.92. The van der Waals surface area contributed by atoms with Crippen LogP contribution in [0, 0.1) is 11.6 Å². The van der Waals surface area contributed by atoms with Gasteiger partial charge in [0.1, 0.15) is 37.3 Å². The normalized spacial score (nSPS) is 17.5. The molecule has 1 unspecified atom stereocenters. The van der Waals surface area contributed by atoms with Gasteiger partial charge >= 0.3 is 5.97 Å². The van der Waals surface area contributed by atoms with Crippen LogP contribution in [0.2, 0.25) is 0 Å². The van der Waals surface area contributed by atoms with Crippen LogP contribution in [0.1, 0.15) is 89.5 Å².